The molecule has 1 rings (SSSR count). The van der Waals surface area contributed by atoms with Gasteiger partial charge in [-0.2, -0.15) is 0 Å². The average Bonchev–Trinajstić information content (AvgIpc) is 2.52. The van der Waals surface area contributed by atoms with Gasteiger partial charge < -0.3 is 14.3 Å². The Kier molecular flexibility index (Phi) is 3.14. The van der Waals surface area contributed by atoms with E-state index in [9.17, 15) is 5.11 Å². The zero-order valence-electron chi connectivity index (χ0n) is 6.49. The summed E-state index contributed by atoms with van der Waals surface area (Å²) in [4.78, 5) is 0. The van der Waals surface area contributed by atoms with Crippen molar-refractivity contribution in [3.8, 4) is 0 Å². The Balaban J connectivity index is 2.36. The predicted octanol–water partition coefficient (Wildman–Crippen LogP) is 1.35. The maximum absolute atomic E-state index is 9.36. The van der Waals surface area contributed by atoms with Crippen LogP contribution in [0.5, 0.6) is 0 Å². The monoisotopic (exact) mass is 156 g/mol. The molecule has 0 amide bonds. The van der Waals surface area contributed by atoms with Gasteiger partial charge in [0, 0.05) is 12.2 Å². The summed E-state index contributed by atoms with van der Waals surface area (Å²) in [7, 11) is 0. The minimum absolute atomic E-state index is 0.329. The van der Waals surface area contributed by atoms with Crippen molar-refractivity contribution in [2.45, 2.75) is 13.0 Å². The van der Waals surface area contributed by atoms with Crippen LogP contribution in [0, 0.1) is 0 Å². The summed E-state index contributed by atoms with van der Waals surface area (Å²) < 4.78 is 9.83. The molecule has 0 fully saturated rings. The first kappa shape index (κ1) is 8.30. The van der Waals surface area contributed by atoms with Gasteiger partial charge in [0.05, 0.1) is 19.1 Å². The number of aliphatic hydroxyl groups is 1. The SMILES string of the molecule is CCOCC(O)c1ccoc1. The van der Waals surface area contributed by atoms with E-state index < -0.39 is 6.10 Å². The fourth-order valence-corrected chi connectivity index (χ4v) is 0.790. The van der Waals surface area contributed by atoms with Crippen molar-refractivity contribution >= 4 is 0 Å². The van der Waals surface area contributed by atoms with Crippen LogP contribution in [0.3, 0.4) is 0 Å². The summed E-state index contributed by atoms with van der Waals surface area (Å²) in [5, 5.41) is 9.36. The first-order chi connectivity index (χ1) is 5.34. The largest absolute Gasteiger partial charge is 0.472 e. The van der Waals surface area contributed by atoms with Crippen molar-refractivity contribution in [2.24, 2.45) is 0 Å². The zero-order chi connectivity index (χ0) is 8.10. The Hall–Kier alpha value is -0.800. The number of hydrogen-bond donors (Lipinski definition) is 1. The summed E-state index contributed by atoms with van der Waals surface area (Å²) in [5.74, 6) is 0. The Morgan fingerprint density at radius 2 is 2.55 bits per heavy atom. The van der Waals surface area contributed by atoms with Crippen LogP contribution in [-0.4, -0.2) is 18.3 Å². The second-order valence-corrected chi connectivity index (χ2v) is 2.23. The van der Waals surface area contributed by atoms with Crippen molar-refractivity contribution in [1.29, 1.82) is 0 Å². The van der Waals surface area contributed by atoms with E-state index in [1.807, 2.05) is 6.92 Å². The van der Waals surface area contributed by atoms with E-state index in [1.165, 1.54) is 12.5 Å². The van der Waals surface area contributed by atoms with Crippen molar-refractivity contribution < 1.29 is 14.3 Å². The molecule has 3 heteroatoms. The van der Waals surface area contributed by atoms with Crippen LogP contribution in [0.15, 0.2) is 23.0 Å². The molecule has 0 radical (unpaired) electrons. The van der Waals surface area contributed by atoms with Gasteiger partial charge in [-0.3, -0.25) is 0 Å². The van der Waals surface area contributed by atoms with Crippen LogP contribution in [0.1, 0.15) is 18.6 Å². The highest BCUT2D eigenvalue weighted by Gasteiger charge is 2.07. The van der Waals surface area contributed by atoms with Crippen molar-refractivity contribution in [1.82, 2.24) is 0 Å². The molecule has 1 heterocycles. The predicted molar refractivity (Wildman–Crippen MR) is 40.2 cm³/mol. The van der Waals surface area contributed by atoms with E-state index >= 15 is 0 Å². The molecule has 0 aliphatic heterocycles. The lowest BCUT2D eigenvalue weighted by molar-refractivity contribution is 0.0417. The van der Waals surface area contributed by atoms with Gasteiger partial charge in [-0.15, -0.1) is 0 Å². The van der Waals surface area contributed by atoms with Gasteiger partial charge in [0.15, 0.2) is 0 Å². The molecule has 0 aliphatic carbocycles. The fourth-order valence-electron chi connectivity index (χ4n) is 0.790. The minimum atomic E-state index is -0.561. The molecule has 0 aliphatic rings. The van der Waals surface area contributed by atoms with E-state index in [0.29, 0.717) is 13.2 Å². The number of aliphatic hydroxyl groups excluding tert-OH is 1. The molecular formula is C8H12O3. The second kappa shape index (κ2) is 4.16. The molecule has 1 aromatic heterocycles. The average molecular weight is 156 g/mol. The van der Waals surface area contributed by atoms with Crippen LogP contribution in [0.25, 0.3) is 0 Å². The third-order valence-corrected chi connectivity index (χ3v) is 1.41. The second-order valence-electron chi connectivity index (χ2n) is 2.23. The Morgan fingerprint density at radius 3 is 3.09 bits per heavy atom. The molecule has 0 bridgehead atoms. The van der Waals surface area contributed by atoms with Gasteiger partial charge in [-0.05, 0) is 13.0 Å². The zero-order valence-corrected chi connectivity index (χ0v) is 6.49. The molecule has 0 saturated carbocycles. The van der Waals surface area contributed by atoms with Crippen molar-refractivity contribution in [3.05, 3.63) is 24.2 Å². The van der Waals surface area contributed by atoms with Crippen LogP contribution in [-0.2, 0) is 4.74 Å². The fraction of sp³-hybridized carbons (Fsp3) is 0.500. The molecular weight excluding hydrogens is 144 g/mol. The van der Waals surface area contributed by atoms with Gasteiger partial charge in [0.25, 0.3) is 0 Å². The van der Waals surface area contributed by atoms with E-state index in [4.69, 9.17) is 9.15 Å². The maximum Gasteiger partial charge on any atom is 0.105 e. The highest BCUT2D eigenvalue weighted by molar-refractivity contribution is 5.08. The summed E-state index contributed by atoms with van der Waals surface area (Å²) in [6.07, 6.45) is 2.49. The summed E-state index contributed by atoms with van der Waals surface area (Å²) in [6, 6.07) is 1.73. The Bertz CT molecular complexity index is 181. The topological polar surface area (TPSA) is 42.6 Å². The normalized spacial score (nSPS) is 13.3. The molecule has 3 nitrogen and oxygen atoms in total. The number of hydrogen-bond acceptors (Lipinski definition) is 3. The molecule has 62 valence electrons. The Morgan fingerprint density at radius 1 is 1.73 bits per heavy atom. The molecule has 1 N–H and O–H groups in total. The van der Waals surface area contributed by atoms with Crippen LogP contribution in [0.2, 0.25) is 0 Å². The molecule has 1 unspecified atom stereocenters. The quantitative estimate of drug-likeness (QED) is 0.715. The molecule has 0 aromatic carbocycles. The van der Waals surface area contributed by atoms with Crippen LogP contribution in [0.4, 0.5) is 0 Å². The standard InChI is InChI=1S/C8H12O3/c1-2-10-6-8(9)7-3-4-11-5-7/h3-5,8-9H,2,6H2,1H3. The summed E-state index contributed by atoms with van der Waals surface area (Å²) in [6.45, 7) is 2.84. The molecule has 1 atom stereocenters. The van der Waals surface area contributed by atoms with Crippen LogP contribution >= 0.6 is 0 Å². The van der Waals surface area contributed by atoms with Gasteiger partial charge in [0.2, 0.25) is 0 Å². The first-order valence-corrected chi connectivity index (χ1v) is 3.62. The first-order valence-electron chi connectivity index (χ1n) is 3.62. The van der Waals surface area contributed by atoms with Crippen molar-refractivity contribution in [3.63, 3.8) is 0 Å². The highest BCUT2D eigenvalue weighted by atomic mass is 16.5. The maximum atomic E-state index is 9.36. The van der Waals surface area contributed by atoms with Crippen molar-refractivity contribution in [2.75, 3.05) is 13.2 Å². The van der Waals surface area contributed by atoms with Gasteiger partial charge in [0.1, 0.15) is 6.10 Å². The number of ether oxygens (including phenoxy) is 1. The summed E-state index contributed by atoms with van der Waals surface area (Å²) in [5.41, 5.74) is 0.762. The number of rotatable bonds is 4. The molecule has 0 spiro atoms. The lowest BCUT2D eigenvalue weighted by atomic mass is 10.2. The summed E-state index contributed by atoms with van der Waals surface area (Å²) >= 11 is 0. The molecule has 1 aromatic rings. The molecule has 0 saturated heterocycles. The van der Waals surface area contributed by atoms with E-state index in [-0.39, 0.29) is 0 Å². The highest BCUT2D eigenvalue weighted by Crippen LogP contribution is 2.12. The van der Waals surface area contributed by atoms with Gasteiger partial charge in [-0.1, -0.05) is 0 Å². The lowest BCUT2D eigenvalue weighted by Gasteiger charge is -2.06. The molecule has 11 heavy (non-hydrogen) atoms. The third-order valence-electron chi connectivity index (χ3n) is 1.41. The third kappa shape index (κ3) is 2.37. The number of furan rings is 1. The minimum Gasteiger partial charge on any atom is -0.472 e. The lowest BCUT2D eigenvalue weighted by Crippen LogP contribution is -2.05. The van der Waals surface area contributed by atoms with Gasteiger partial charge >= 0.3 is 0 Å². The van der Waals surface area contributed by atoms with E-state index in [1.54, 1.807) is 6.07 Å². The Labute approximate surface area is 65.6 Å². The van der Waals surface area contributed by atoms with Gasteiger partial charge in [-0.25, -0.2) is 0 Å². The van der Waals surface area contributed by atoms with Crippen LogP contribution < -0.4 is 0 Å². The smallest absolute Gasteiger partial charge is 0.105 e. The van der Waals surface area contributed by atoms with E-state index in [0.717, 1.165) is 5.56 Å². The van der Waals surface area contributed by atoms with E-state index in [2.05, 4.69) is 0 Å².